The standard InChI is InChI=1S/C19H17N5O3S/c1-27-15-9-7-13(8-10-15)12-20-22-16(25)11-17-23-24-19(28-17)21-18(26)14-5-3-2-4-6-14/h2-10,12H,11H2,1H3,(H,22,25)(H,21,24,26)/b20-12-. The molecule has 3 aromatic rings. The van der Waals surface area contributed by atoms with Gasteiger partial charge in [-0.1, -0.05) is 29.5 Å². The second-order valence-corrected chi connectivity index (χ2v) is 6.63. The molecular formula is C19H17N5O3S. The van der Waals surface area contributed by atoms with Crippen molar-refractivity contribution < 1.29 is 14.3 Å². The summed E-state index contributed by atoms with van der Waals surface area (Å²) in [7, 11) is 1.59. The Bertz CT molecular complexity index is 971. The van der Waals surface area contributed by atoms with Crippen molar-refractivity contribution in [3.8, 4) is 5.75 Å². The monoisotopic (exact) mass is 395 g/mol. The molecule has 8 nitrogen and oxygen atoms in total. The number of hydrogen-bond acceptors (Lipinski definition) is 7. The molecule has 142 valence electrons. The molecule has 0 saturated heterocycles. The van der Waals surface area contributed by atoms with Gasteiger partial charge in [-0.15, -0.1) is 10.2 Å². The van der Waals surface area contributed by atoms with E-state index in [-0.39, 0.29) is 18.2 Å². The zero-order valence-corrected chi connectivity index (χ0v) is 15.8. The Morgan fingerprint density at radius 1 is 1.11 bits per heavy atom. The number of ether oxygens (including phenoxy) is 1. The summed E-state index contributed by atoms with van der Waals surface area (Å²) >= 11 is 1.14. The molecule has 2 N–H and O–H groups in total. The first-order valence-corrected chi connectivity index (χ1v) is 9.10. The number of nitrogens with one attached hydrogen (secondary N) is 2. The third-order valence-corrected chi connectivity index (χ3v) is 4.39. The van der Waals surface area contributed by atoms with E-state index in [1.165, 1.54) is 6.21 Å². The van der Waals surface area contributed by atoms with E-state index in [2.05, 4.69) is 26.0 Å². The van der Waals surface area contributed by atoms with Crippen LogP contribution in [0.5, 0.6) is 5.75 Å². The first kappa shape index (κ1) is 19.2. The summed E-state index contributed by atoms with van der Waals surface area (Å²) in [5.74, 6) is 0.131. The molecule has 28 heavy (non-hydrogen) atoms. The predicted molar refractivity (Wildman–Crippen MR) is 107 cm³/mol. The average molecular weight is 395 g/mol. The number of methoxy groups -OCH3 is 1. The van der Waals surface area contributed by atoms with E-state index >= 15 is 0 Å². The number of amides is 2. The van der Waals surface area contributed by atoms with Crippen molar-refractivity contribution in [3.63, 3.8) is 0 Å². The minimum absolute atomic E-state index is 0.0127. The molecule has 0 unspecified atom stereocenters. The van der Waals surface area contributed by atoms with Crippen LogP contribution < -0.4 is 15.5 Å². The van der Waals surface area contributed by atoms with Crippen molar-refractivity contribution in [2.45, 2.75) is 6.42 Å². The summed E-state index contributed by atoms with van der Waals surface area (Å²) in [5.41, 5.74) is 3.78. The molecule has 0 saturated carbocycles. The molecular weight excluding hydrogens is 378 g/mol. The molecule has 2 amide bonds. The number of anilines is 1. The van der Waals surface area contributed by atoms with Gasteiger partial charge >= 0.3 is 0 Å². The SMILES string of the molecule is COc1ccc(/C=N\NC(=O)Cc2nnc(NC(=O)c3ccccc3)s2)cc1. The zero-order chi connectivity index (χ0) is 19.8. The van der Waals surface area contributed by atoms with Crippen LogP contribution in [0.4, 0.5) is 5.13 Å². The van der Waals surface area contributed by atoms with Crippen LogP contribution in [-0.4, -0.2) is 35.3 Å². The summed E-state index contributed by atoms with van der Waals surface area (Å²) < 4.78 is 5.08. The van der Waals surface area contributed by atoms with E-state index in [9.17, 15) is 9.59 Å². The highest BCUT2D eigenvalue weighted by Crippen LogP contribution is 2.16. The maximum Gasteiger partial charge on any atom is 0.257 e. The Hall–Kier alpha value is -3.59. The Morgan fingerprint density at radius 2 is 1.86 bits per heavy atom. The third-order valence-electron chi connectivity index (χ3n) is 3.55. The molecule has 0 aliphatic heterocycles. The van der Waals surface area contributed by atoms with E-state index in [0.29, 0.717) is 15.7 Å². The molecule has 0 atom stereocenters. The molecule has 9 heteroatoms. The quantitative estimate of drug-likeness (QED) is 0.472. The summed E-state index contributed by atoms with van der Waals surface area (Å²) in [5, 5.41) is 15.2. The lowest BCUT2D eigenvalue weighted by atomic mass is 10.2. The van der Waals surface area contributed by atoms with Crippen molar-refractivity contribution in [1.29, 1.82) is 0 Å². The van der Waals surface area contributed by atoms with Crippen LogP contribution in [0.2, 0.25) is 0 Å². The molecule has 0 aliphatic rings. The van der Waals surface area contributed by atoms with Crippen LogP contribution in [0.1, 0.15) is 20.9 Å². The topological polar surface area (TPSA) is 106 Å². The highest BCUT2D eigenvalue weighted by Gasteiger charge is 2.12. The predicted octanol–water partition coefficient (Wildman–Crippen LogP) is 2.49. The van der Waals surface area contributed by atoms with Gasteiger partial charge in [0.15, 0.2) is 0 Å². The number of benzene rings is 2. The van der Waals surface area contributed by atoms with E-state index < -0.39 is 0 Å². The smallest absolute Gasteiger partial charge is 0.257 e. The molecule has 0 bridgehead atoms. The van der Waals surface area contributed by atoms with Crippen molar-refractivity contribution in [2.24, 2.45) is 5.10 Å². The fraction of sp³-hybridized carbons (Fsp3) is 0.105. The first-order chi connectivity index (χ1) is 13.6. The number of nitrogens with zero attached hydrogens (tertiary/aromatic N) is 3. The van der Waals surface area contributed by atoms with Crippen LogP contribution in [-0.2, 0) is 11.2 Å². The Kier molecular flexibility index (Phi) is 6.42. The van der Waals surface area contributed by atoms with Gasteiger partial charge in [0.2, 0.25) is 11.0 Å². The first-order valence-electron chi connectivity index (χ1n) is 8.29. The van der Waals surface area contributed by atoms with Gasteiger partial charge in [-0.3, -0.25) is 14.9 Å². The van der Waals surface area contributed by atoms with Gasteiger partial charge in [-0.05, 0) is 42.0 Å². The molecule has 3 rings (SSSR count). The summed E-state index contributed by atoms with van der Waals surface area (Å²) in [6, 6.07) is 16.0. The van der Waals surface area contributed by atoms with Gasteiger partial charge in [0, 0.05) is 5.56 Å². The fourth-order valence-electron chi connectivity index (χ4n) is 2.18. The lowest BCUT2D eigenvalue weighted by molar-refractivity contribution is -0.120. The minimum atomic E-state index is -0.332. The largest absolute Gasteiger partial charge is 0.497 e. The summed E-state index contributed by atoms with van der Waals surface area (Å²) in [6.45, 7) is 0. The Morgan fingerprint density at radius 3 is 2.57 bits per heavy atom. The van der Waals surface area contributed by atoms with Gasteiger partial charge in [-0.2, -0.15) is 5.10 Å². The van der Waals surface area contributed by atoms with E-state index in [4.69, 9.17) is 4.74 Å². The number of hydrogen-bond donors (Lipinski definition) is 2. The number of aromatic nitrogens is 2. The average Bonchev–Trinajstić information content (AvgIpc) is 3.15. The van der Waals surface area contributed by atoms with Crippen LogP contribution in [0.3, 0.4) is 0 Å². The lowest BCUT2D eigenvalue weighted by Crippen LogP contribution is -2.19. The molecule has 0 aliphatic carbocycles. The molecule has 1 heterocycles. The summed E-state index contributed by atoms with van der Waals surface area (Å²) in [6.07, 6.45) is 1.54. The van der Waals surface area contributed by atoms with Crippen molar-refractivity contribution in [1.82, 2.24) is 15.6 Å². The van der Waals surface area contributed by atoms with Gasteiger partial charge in [-0.25, -0.2) is 5.43 Å². The van der Waals surface area contributed by atoms with Crippen molar-refractivity contribution >= 4 is 34.5 Å². The molecule has 0 radical (unpaired) electrons. The van der Waals surface area contributed by atoms with E-state index in [1.54, 1.807) is 43.5 Å². The molecule has 2 aromatic carbocycles. The number of rotatable bonds is 7. The number of hydrazone groups is 1. The Labute approximate surface area is 165 Å². The summed E-state index contributed by atoms with van der Waals surface area (Å²) in [4.78, 5) is 24.0. The number of carbonyl (C=O) groups is 2. The van der Waals surface area contributed by atoms with Crippen LogP contribution in [0.15, 0.2) is 59.7 Å². The van der Waals surface area contributed by atoms with Crippen molar-refractivity contribution in [2.75, 3.05) is 12.4 Å². The highest BCUT2D eigenvalue weighted by molar-refractivity contribution is 7.15. The number of carbonyl (C=O) groups excluding carboxylic acids is 2. The normalized spacial score (nSPS) is 10.6. The highest BCUT2D eigenvalue weighted by atomic mass is 32.1. The molecule has 1 aromatic heterocycles. The van der Waals surface area contributed by atoms with Gasteiger partial charge in [0.05, 0.1) is 19.7 Å². The van der Waals surface area contributed by atoms with Crippen LogP contribution in [0, 0.1) is 0 Å². The van der Waals surface area contributed by atoms with Gasteiger partial charge in [0.25, 0.3) is 5.91 Å². The lowest BCUT2D eigenvalue weighted by Gasteiger charge is -2.00. The maximum atomic E-state index is 12.1. The van der Waals surface area contributed by atoms with Crippen LogP contribution >= 0.6 is 11.3 Å². The fourth-order valence-corrected chi connectivity index (χ4v) is 2.91. The van der Waals surface area contributed by atoms with Gasteiger partial charge < -0.3 is 4.74 Å². The molecule has 0 spiro atoms. The Balaban J connectivity index is 1.49. The third kappa shape index (κ3) is 5.45. The maximum absolute atomic E-state index is 12.1. The molecule has 0 fully saturated rings. The second-order valence-electron chi connectivity index (χ2n) is 5.56. The van der Waals surface area contributed by atoms with E-state index in [0.717, 1.165) is 22.6 Å². The van der Waals surface area contributed by atoms with E-state index in [1.807, 2.05) is 18.2 Å². The zero-order valence-electron chi connectivity index (χ0n) is 15.0. The van der Waals surface area contributed by atoms with Crippen LogP contribution in [0.25, 0.3) is 0 Å². The van der Waals surface area contributed by atoms with Gasteiger partial charge in [0.1, 0.15) is 10.8 Å². The minimum Gasteiger partial charge on any atom is -0.497 e. The van der Waals surface area contributed by atoms with Crippen molar-refractivity contribution in [3.05, 3.63) is 70.7 Å². The second kappa shape index (κ2) is 9.38.